The number of nitrogen functional groups attached to an aromatic ring is 1. The Morgan fingerprint density at radius 3 is 2.05 bits per heavy atom. The lowest BCUT2D eigenvalue weighted by atomic mass is 10.1. The minimum absolute atomic E-state index is 0.0584. The van der Waals surface area contributed by atoms with Gasteiger partial charge in [0.25, 0.3) is 20.2 Å². The molecule has 0 aliphatic rings. The van der Waals surface area contributed by atoms with Crippen LogP contribution in [0.15, 0.2) is 113 Å². The molecule has 0 amide bonds. The number of hydrogen-bond donors (Lipinski definition) is 5. The number of aromatic hydroxyl groups is 1. The number of nitrogens with zero attached hydrogens (tertiary/aromatic N) is 1. The van der Waals surface area contributed by atoms with E-state index >= 15 is 0 Å². The first-order valence-electron chi connectivity index (χ1n) is 12.5. The molecule has 0 aliphatic carbocycles. The fraction of sp³-hybridized carbons (Fsp3) is 0. The van der Waals surface area contributed by atoms with Gasteiger partial charge in [0.05, 0.1) is 27.6 Å². The van der Waals surface area contributed by atoms with Gasteiger partial charge >= 0.3 is 0 Å². The van der Waals surface area contributed by atoms with Gasteiger partial charge in [0.15, 0.2) is 0 Å². The summed E-state index contributed by atoms with van der Waals surface area (Å²) >= 11 is 0. The number of phenolic OH excluding ortho intramolecular Hbond substituents is 1. The molecule has 12 heteroatoms. The van der Waals surface area contributed by atoms with Crippen LogP contribution in [0.25, 0.3) is 32.3 Å². The number of hydrazine groups is 1. The summed E-state index contributed by atoms with van der Waals surface area (Å²) in [5, 5.41) is 15.0. The number of nitrogens with two attached hydrogens (primary N) is 1. The SMILES string of the molecule is Nc1c(N(Nc2ccc(O)c3ccccc23)c2ccc3ccccc3c2)cc(S(=O)(=O)O)c2cc(S(=O)(=O)O)ccc12. The van der Waals surface area contributed by atoms with E-state index in [1.54, 1.807) is 41.4 Å². The van der Waals surface area contributed by atoms with Crippen molar-refractivity contribution in [3.8, 4) is 5.75 Å². The van der Waals surface area contributed by atoms with Crippen LogP contribution in [-0.4, -0.2) is 31.0 Å². The van der Waals surface area contributed by atoms with Crippen LogP contribution in [0.5, 0.6) is 5.75 Å². The molecule has 10 nitrogen and oxygen atoms in total. The zero-order chi connectivity index (χ0) is 29.8. The molecule has 6 aromatic carbocycles. The van der Waals surface area contributed by atoms with Crippen LogP contribution in [0.1, 0.15) is 0 Å². The van der Waals surface area contributed by atoms with Crippen molar-refractivity contribution in [2.24, 2.45) is 0 Å². The Bertz CT molecular complexity index is 2270. The molecule has 0 aliphatic heterocycles. The van der Waals surface area contributed by atoms with Gasteiger partial charge in [-0.05, 0) is 53.2 Å². The van der Waals surface area contributed by atoms with Crippen molar-refractivity contribution in [2.75, 3.05) is 16.2 Å². The molecule has 0 saturated carbocycles. The number of hydrogen-bond acceptors (Lipinski definition) is 8. The number of benzene rings is 6. The molecule has 0 bridgehead atoms. The monoisotopic (exact) mass is 601 g/mol. The maximum atomic E-state index is 12.6. The summed E-state index contributed by atoms with van der Waals surface area (Å²) in [6, 6.07) is 27.9. The molecule has 6 N–H and O–H groups in total. The highest BCUT2D eigenvalue weighted by Gasteiger charge is 2.25. The molecule has 0 heterocycles. The van der Waals surface area contributed by atoms with Crippen LogP contribution in [0, 0.1) is 0 Å². The Morgan fingerprint density at radius 2 is 1.33 bits per heavy atom. The van der Waals surface area contributed by atoms with Crippen molar-refractivity contribution in [3.63, 3.8) is 0 Å². The summed E-state index contributed by atoms with van der Waals surface area (Å²) in [5.41, 5.74) is 11.2. The van der Waals surface area contributed by atoms with Crippen molar-refractivity contribution in [1.82, 2.24) is 0 Å². The average Bonchev–Trinajstić information content (AvgIpc) is 2.96. The molecule has 6 rings (SSSR count). The number of rotatable bonds is 6. The van der Waals surface area contributed by atoms with Gasteiger partial charge in [0.1, 0.15) is 10.6 Å². The predicted octanol–water partition coefficient (Wildman–Crippen LogP) is 6.09. The van der Waals surface area contributed by atoms with Gasteiger partial charge in [0, 0.05) is 21.5 Å². The van der Waals surface area contributed by atoms with Crippen molar-refractivity contribution < 1.29 is 31.0 Å². The number of phenols is 1. The highest BCUT2D eigenvalue weighted by molar-refractivity contribution is 7.86. The Hall–Kier alpha value is -4.88. The second-order valence-corrected chi connectivity index (χ2v) is 12.4. The minimum atomic E-state index is -4.91. The van der Waals surface area contributed by atoms with E-state index in [1.165, 1.54) is 12.1 Å². The second kappa shape index (κ2) is 9.89. The summed E-state index contributed by atoms with van der Waals surface area (Å²) in [6.45, 7) is 0. The van der Waals surface area contributed by atoms with Gasteiger partial charge in [-0.1, -0.05) is 60.7 Å². The van der Waals surface area contributed by atoms with E-state index in [2.05, 4.69) is 5.43 Å². The van der Waals surface area contributed by atoms with Crippen LogP contribution >= 0.6 is 0 Å². The molecule has 0 fully saturated rings. The Labute approximate surface area is 240 Å². The normalized spacial score (nSPS) is 12.1. The molecule has 0 aromatic heterocycles. The van der Waals surface area contributed by atoms with Crippen molar-refractivity contribution >= 4 is 75.3 Å². The molecule has 42 heavy (non-hydrogen) atoms. The molecule has 0 spiro atoms. The molecule has 212 valence electrons. The van der Waals surface area contributed by atoms with Gasteiger partial charge in [0.2, 0.25) is 0 Å². The Balaban J connectivity index is 1.65. The highest BCUT2D eigenvalue weighted by atomic mass is 32.2. The molecule has 0 saturated heterocycles. The van der Waals surface area contributed by atoms with Gasteiger partial charge in [-0.25, -0.2) is 0 Å². The molecule has 0 unspecified atom stereocenters. The maximum Gasteiger partial charge on any atom is 0.295 e. The van der Waals surface area contributed by atoms with Crippen LogP contribution in [0.4, 0.5) is 22.7 Å². The van der Waals surface area contributed by atoms with Gasteiger partial charge in [-0.2, -0.15) is 16.8 Å². The number of fused-ring (bicyclic) bond motifs is 3. The van der Waals surface area contributed by atoms with Crippen LogP contribution in [-0.2, 0) is 20.2 Å². The van der Waals surface area contributed by atoms with E-state index in [0.717, 1.165) is 29.0 Å². The fourth-order valence-electron chi connectivity index (χ4n) is 5.02. The first-order valence-corrected chi connectivity index (χ1v) is 15.4. The number of nitrogens with one attached hydrogen (secondary N) is 1. The first-order chi connectivity index (χ1) is 19.9. The summed E-state index contributed by atoms with van der Waals surface area (Å²) < 4.78 is 68.6. The van der Waals surface area contributed by atoms with Gasteiger partial charge in [-0.15, -0.1) is 0 Å². The Kier molecular flexibility index (Phi) is 6.43. The molecular formula is C30H23N3O7S2. The largest absolute Gasteiger partial charge is 0.507 e. The number of anilines is 4. The second-order valence-electron chi connectivity index (χ2n) is 9.62. The summed E-state index contributed by atoms with van der Waals surface area (Å²) in [7, 11) is -9.60. The van der Waals surface area contributed by atoms with Crippen LogP contribution in [0.2, 0.25) is 0 Å². The zero-order valence-electron chi connectivity index (χ0n) is 21.6. The van der Waals surface area contributed by atoms with E-state index in [1.807, 2.05) is 36.4 Å². The molecule has 0 radical (unpaired) electrons. The lowest BCUT2D eigenvalue weighted by molar-refractivity contribution is 0.480. The zero-order valence-corrected chi connectivity index (χ0v) is 23.3. The maximum absolute atomic E-state index is 12.6. The summed E-state index contributed by atoms with van der Waals surface area (Å²) in [5.74, 6) is 0.0712. The van der Waals surface area contributed by atoms with Crippen LogP contribution < -0.4 is 16.2 Å². The highest BCUT2D eigenvalue weighted by Crippen LogP contribution is 2.42. The van der Waals surface area contributed by atoms with Crippen molar-refractivity contribution in [2.45, 2.75) is 9.79 Å². The van der Waals surface area contributed by atoms with E-state index in [4.69, 9.17) is 5.73 Å². The molecule has 6 aromatic rings. The predicted molar refractivity (Wildman–Crippen MR) is 163 cm³/mol. The smallest absolute Gasteiger partial charge is 0.295 e. The van der Waals surface area contributed by atoms with Crippen molar-refractivity contribution in [1.29, 1.82) is 0 Å². The topological polar surface area (TPSA) is 170 Å². The third kappa shape index (κ3) is 4.82. The molecular weight excluding hydrogens is 578 g/mol. The minimum Gasteiger partial charge on any atom is -0.507 e. The van der Waals surface area contributed by atoms with E-state index in [9.17, 15) is 31.0 Å². The third-order valence-corrected chi connectivity index (χ3v) is 8.77. The van der Waals surface area contributed by atoms with Crippen molar-refractivity contribution in [3.05, 3.63) is 103 Å². The fourth-order valence-corrected chi connectivity index (χ4v) is 6.23. The summed E-state index contributed by atoms with van der Waals surface area (Å²) in [6.07, 6.45) is 0. The Morgan fingerprint density at radius 1 is 0.643 bits per heavy atom. The van der Waals surface area contributed by atoms with Gasteiger partial charge < -0.3 is 10.8 Å². The first kappa shape index (κ1) is 27.3. The third-order valence-electron chi connectivity index (χ3n) is 7.03. The lowest BCUT2D eigenvalue weighted by Gasteiger charge is -2.30. The molecule has 0 atom stereocenters. The van der Waals surface area contributed by atoms with Gasteiger partial charge in [-0.3, -0.25) is 19.5 Å². The average molecular weight is 602 g/mol. The van der Waals surface area contributed by atoms with E-state index < -0.39 is 30.0 Å². The standard InChI is InChI=1S/C30H23N3O7S2/c31-30-24-12-11-21(41(35,36)37)16-25(24)29(42(38,39)40)17-27(30)33(20-10-9-18-5-1-2-6-19(18)15-20)32-26-13-14-28(34)23-8-4-3-7-22(23)26/h1-17,32,34H,31H2,(H,35,36,37)(H,38,39,40). The summed E-state index contributed by atoms with van der Waals surface area (Å²) in [4.78, 5) is -1.18. The lowest BCUT2D eigenvalue weighted by Crippen LogP contribution is -2.26. The van der Waals surface area contributed by atoms with Crippen LogP contribution in [0.3, 0.4) is 0 Å². The van der Waals surface area contributed by atoms with E-state index in [0.29, 0.717) is 22.1 Å². The van der Waals surface area contributed by atoms with E-state index in [-0.39, 0.29) is 27.9 Å². The quantitative estimate of drug-likeness (QED) is 0.0651.